The van der Waals surface area contributed by atoms with Crippen molar-refractivity contribution in [3.8, 4) is 0 Å². The van der Waals surface area contributed by atoms with Crippen molar-refractivity contribution in [3.63, 3.8) is 0 Å². The molecule has 0 spiro atoms. The number of fused-ring (bicyclic) bond motifs is 1. The molecule has 0 saturated carbocycles. The summed E-state index contributed by atoms with van der Waals surface area (Å²) in [5.74, 6) is -0.973. The Labute approximate surface area is 171 Å². The van der Waals surface area contributed by atoms with Crippen molar-refractivity contribution in [1.82, 2.24) is 4.98 Å². The predicted octanol–water partition coefficient (Wildman–Crippen LogP) is 4.82. The molecular formula is C21H19N3O4S. The zero-order valence-corrected chi connectivity index (χ0v) is 16.4. The minimum absolute atomic E-state index is 0.0413. The van der Waals surface area contributed by atoms with E-state index in [9.17, 15) is 20.0 Å². The maximum atomic E-state index is 11.6. The van der Waals surface area contributed by atoms with E-state index in [1.54, 1.807) is 18.2 Å². The van der Waals surface area contributed by atoms with E-state index in [-0.39, 0.29) is 17.0 Å². The third-order valence-corrected chi connectivity index (χ3v) is 6.01. The van der Waals surface area contributed by atoms with Gasteiger partial charge in [-0.25, -0.2) is 4.98 Å². The Morgan fingerprint density at radius 2 is 2.00 bits per heavy atom. The summed E-state index contributed by atoms with van der Waals surface area (Å²) in [5, 5.41) is 21.6. The normalized spacial score (nSPS) is 14.5. The summed E-state index contributed by atoms with van der Waals surface area (Å²) in [5.41, 5.74) is 2.58. The van der Waals surface area contributed by atoms with Gasteiger partial charge in [-0.05, 0) is 48.3 Å². The van der Waals surface area contributed by atoms with Crippen molar-refractivity contribution in [2.75, 3.05) is 18.0 Å². The largest absolute Gasteiger partial charge is 0.481 e. The molecule has 1 saturated heterocycles. The first kappa shape index (κ1) is 19.1. The Morgan fingerprint density at radius 3 is 2.69 bits per heavy atom. The van der Waals surface area contributed by atoms with Gasteiger partial charge in [0.1, 0.15) is 10.7 Å². The number of carbonyl (C=O) groups is 1. The van der Waals surface area contributed by atoms with Crippen molar-refractivity contribution in [3.05, 3.63) is 63.1 Å². The smallest absolute Gasteiger partial charge is 0.307 e. The van der Waals surface area contributed by atoms with E-state index >= 15 is 0 Å². The number of nitrogens with zero attached hydrogens (tertiary/aromatic N) is 3. The number of hydrogen-bond donors (Lipinski definition) is 1. The molecule has 4 rings (SSSR count). The van der Waals surface area contributed by atoms with Gasteiger partial charge in [0, 0.05) is 19.2 Å². The molecule has 0 bridgehead atoms. The fourth-order valence-corrected chi connectivity index (χ4v) is 4.54. The number of aliphatic carboxylic acids is 1. The van der Waals surface area contributed by atoms with Crippen LogP contribution in [0.3, 0.4) is 0 Å². The van der Waals surface area contributed by atoms with Crippen molar-refractivity contribution in [1.29, 1.82) is 0 Å². The van der Waals surface area contributed by atoms with E-state index in [0.29, 0.717) is 21.8 Å². The van der Waals surface area contributed by atoms with Gasteiger partial charge in [0.15, 0.2) is 0 Å². The highest BCUT2D eigenvalue weighted by Crippen LogP contribution is 2.34. The third-order valence-electron chi connectivity index (χ3n) is 4.89. The van der Waals surface area contributed by atoms with E-state index in [0.717, 1.165) is 36.1 Å². The molecule has 0 unspecified atom stereocenters. The Hall–Kier alpha value is -3.26. The molecule has 8 heteroatoms. The van der Waals surface area contributed by atoms with Crippen LogP contribution < -0.4 is 4.90 Å². The topological polar surface area (TPSA) is 96.6 Å². The van der Waals surface area contributed by atoms with Crippen LogP contribution in [-0.2, 0) is 4.79 Å². The van der Waals surface area contributed by atoms with Crippen LogP contribution in [-0.4, -0.2) is 34.1 Å². The highest BCUT2D eigenvalue weighted by atomic mass is 32.1. The summed E-state index contributed by atoms with van der Waals surface area (Å²) in [6.45, 7) is 1.62. The maximum absolute atomic E-state index is 11.6. The van der Waals surface area contributed by atoms with Crippen LogP contribution in [0, 0.1) is 10.1 Å². The summed E-state index contributed by atoms with van der Waals surface area (Å²) in [6, 6.07) is 12.7. The van der Waals surface area contributed by atoms with Gasteiger partial charge in [0.25, 0.3) is 5.69 Å². The predicted molar refractivity (Wildman–Crippen MR) is 114 cm³/mol. The molecule has 0 aliphatic carbocycles. The molecule has 148 valence electrons. The lowest BCUT2D eigenvalue weighted by atomic mass is 10.1. The minimum Gasteiger partial charge on any atom is -0.481 e. The maximum Gasteiger partial charge on any atom is 0.307 e. The quantitative estimate of drug-likeness (QED) is 0.463. The summed E-state index contributed by atoms with van der Waals surface area (Å²) in [6.07, 6.45) is 3.53. The standard InChI is InChI=1S/C21H19N3O4S/c25-20(26)13-15(21-22-16-5-1-2-6-19(16)29-21)11-14-7-8-17(18(12-14)24(27)28)23-9-3-4-10-23/h1-2,5-8,11-12H,3-4,9-10,13H2,(H,25,26)/b15-11-. The van der Waals surface area contributed by atoms with E-state index in [1.807, 2.05) is 29.2 Å². The molecule has 1 aliphatic rings. The summed E-state index contributed by atoms with van der Waals surface area (Å²) >= 11 is 1.42. The summed E-state index contributed by atoms with van der Waals surface area (Å²) < 4.78 is 0.967. The zero-order chi connectivity index (χ0) is 20.4. The fraction of sp³-hybridized carbons (Fsp3) is 0.238. The van der Waals surface area contributed by atoms with Crippen molar-refractivity contribution >= 4 is 50.5 Å². The molecule has 7 nitrogen and oxygen atoms in total. The van der Waals surface area contributed by atoms with Crippen LogP contribution in [0.5, 0.6) is 0 Å². The number of carboxylic acid groups (broad SMARTS) is 1. The van der Waals surface area contributed by atoms with Gasteiger partial charge < -0.3 is 10.0 Å². The first-order valence-electron chi connectivity index (χ1n) is 9.33. The van der Waals surface area contributed by atoms with Crippen LogP contribution in [0.4, 0.5) is 11.4 Å². The Balaban J connectivity index is 1.76. The first-order chi connectivity index (χ1) is 14.0. The fourth-order valence-electron chi connectivity index (χ4n) is 3.56. The number of carboxylic acids is 1. The number of nitro benzene ring substituents is 1. The molecular weight excluding hydrogens is 390 g/mol. The van der Waals surface area contributed by atoms with Crippen molar-refractivity contribution in [2.24, 2.45) is 0 Å². The van der Waals surface area contributed by atoms with Gasteiger partial charge >= 0.3 is 5.97 Å². The number of nitro groups is 1. The number of benzene rings is 2. The van der Waals surface area contributed by atoms with Crippen molar-refractivity contribution < 1.29 is 14.8 Å². The number of anilines is 1. The molecule has 0 atom stereocenters. The minimum atomic E-state index is -0.973. The van der Waals surface area contributed by atoms with E-state index < -0.39 is 5.97 Å². The Kier molecular flexibility index (Phi) is 5.26. The molecule has 1 aliphatic heterocycles. The highest BCUT2D eigenvalue weighted by Gasteiger charge is 2.22. The van der Waals surface area contributed by atoms with Gasteiger partial charge in [0.2, 0.25) is 0 Å². The molecule has 3 aromatic rings. The van der Waals surface area contributed by atoms with Gasteiger partial charge in [-0.3, -0.25) is 14.9 Å². The van der Waals surface area contributed by atoms with E-state index in [2.05, 4.69) is 4.98 Å². The Morgan fingerprint density at radius 1 is 1.24 bits per heavy atom. The summed E-state index contributed by atoms with van der Waals surface area (Å²) in [4.78, 5) is 29.2. The van der Waals surface area contributed by atoms with Gasteiger partial charge in [-0.2, -0.15) is 0 Å². The highest BCUT2D eigenvalue weighted by molar-refractivity contribution is 7.19. The first-order valence-corrected chi connectivity index (χ1v) is 10.1. The monoisotopic (exact) mass is 409 g/mol. The van der Waals surface area contributed by atoms with Crippen LogP contribution in [0.15, 0.2) is 42.5 Å². The molecule has 29 heavy (non-hydrogen) atoms. The number of para-hydroxylation sites is 1. The van der Waals surface area contributed by atoms with Gasteiger partial charge in [-0.1, -0.05) is 18.2 Å². The molecule has 1 N–H and O–H groups in total. The molecule has 1 aromatic heterocycles. The second kappa shape index (κ2) is 8.00. The molecule has 0 amide bonds. The molecule has 2 aromatic carbocycles. The van der Waals surface area contributed by atoms with Crippen LogP contribution in [0.1, 0.15) is 29.8 Å². The number of rotatable bonds is 6. The van der Waals surface area contributed by atoms with Crippen LogP contribution in [0.25, 0.3) is 21.9 Å². The van der Waals surface area contributed by atoms with E-state index in [4.69, 9.17) is 0 Å². The molecule has 1 fully saturated rings. The summed E-state index contributed by atoms with van der Waals surface area (Å²) in [7, 11) is 0. The lowest BCUT2D eigenvalue weighted by Crippen LogP contribution is -2.18. The van der Waals surface area contributed by atoms with Gasteiger partial charge in [0.05, 0.1) is 21.6 Å². The molecule has 2 heterocycles. The number of aromatic nitrogens is 1. The second-order valence-electron chi connectivity index (χ2n) is 6.93. The number of hydrogen-bond acceptors (Lipinski definition) is 6. The van der Waals surface area contributed by atoms with Crippen LogP contribution >= 0.6 is 11.3 Å². The third kappa shape index (κ3) is 4.12. The number of thiazole rings is 1. The zero-order valence-electron chi connectivity index (χ0n) is 15.6. The second-order valence-corrected chi connectivity index (χ2v) is 7.96. The van der Waals surface area contributed by atoms with E-state index in [1.165, 1.54) is 17.4 Å². The van der Waals surface area contributed by atoms with Crippen molar-refractivity contribution in [2.45, 2.75) is 19.3 Å². The molecule has 0 radical (unpaired) electrons. The average molecular weight is 409 g/mol. The Bertz CT molecular complexity index is 1080. The SMILES string of the molecule is O=C(O)C/C(=C/c1ccc(N2CCCC2)c([N+](=O)[O-])c1)c1nc2ccccc2s1. The van der Waals surface area contributed by atoms with Crippen LogP contribution in [0.2, 0.25) is 0 Å². The van der Waals surface area contributed by atoms with Gasteiger partial charge in [-0.15, -0.1) is 11.3 Å². The lowest BCUT2D eigenvalue weighted by Gasteiger charge is -2.17. The lowest BCUT2D eigenvalue weighted by molar-refractivity contribution is -0.384. The average Bonchev–Trinajstić information content (AvgIpc) is 3.36.